The summed E-state index contributed by atoms with van der Waals surface area (Å²) in [5.41, 5.74) is 1.08. The molecular weight excluding hydrogens is 274 g/mol. The Morgan fingerprint density at radius 2 is 1.80 bits per heavy atom. The largest absolute Gasteiger partial charge is 0.453 e. The molecule has 1 aromatic carbocycles. The highest BCUT2D eigenvalue weighted by molar-refractivity contribution is 7.59. The van der Waals surface area contributed by atoms with Gasteiger partial charge in [0.05, 0.1) is 7.11 Å². The lowest BCUT2D eigenvalue weighted by molar-refractivity contribution is -0.122. The summed E-state index contributed by atoms with van der Waals surface area (Å²) in [4.78, 5) is 23.1. The van der Waals surface area contributed by atoms with Crippen LogP contribution in [-0.4, -0.2) is 25.0 Å². The van der Waals surface area contributed by atoms with Gasteiger partial charge in [0, 0.05) is 18.4 Å². The highest BCUT2D eigenvalue weighted by Crippen LogP contribution is 2.09. The van der Waals surface area contributed by atoms with Crippen LogP contribution in [0.2, 0.25) is 0 Å². The van der Waals surface area contributed by atoms with E-state index in [0.29, 0.717) is 12.8 Å². The number of methoxy groups -OCH3 is 1. The molecule has 112 valence electrons. The van der Waals surface area contributed by atoms with Gasteiger partial charge in [-0.05, 0) is 12.0 Å². The minimum Gasteiger partial charge on any atom is -0.453 e. The van der Waals surface area contributed by atoms with E-state index in [4.69, 9.17) is 0 Å². The van der Waals surface area contributed by atoms with Crippen molar-refractivity contribution < 1.29 is 14.3 Å². The Kier molecular flexibility index (Phi) is 8.72. The minimum absolute atomic E-state index is 0. The molecule has 0 radical (unpaired) electrons. The van der Waals surface area contributed by atoms with E-state index in [9.17, 15) is 9.59 Å². The van der Waals surface area contributed by atoms with E-state index in [1.54, 1.807) is 0 Å². The zero-order valence-electron chi connectivity index (χ0n) is 12.2. The molecule has 0 aliphatic carbocycles. The molecule has 1 amide bonds. The Hall–Kier alpha value is -1.49. The molecule has 0 aliphatic heterocycles. The van der Waals surface area contributed by atoms with Crippen LogP contribution in [0.1, 0.15) is 25.8 Å². The lowest BCUT2D eigenvalue weighted by atomic mass is 9.97. The van der Waals surface area contributed by atoms with Crippen molar-refractivity contribution in [1.82, 2.24) is 5.32 Å². The summed E-state index contributed by atoms with van der Waals surface area (Å²) in [5, 5.41) is 2.72. The van der Waals surface area contributed by atoms with Crippen molar-refractivity contribution in [3.63, 3.8) is 0 Å². The number of ketones is 1. The van der Waals surface area contributed by atoms with Gasteiger partial charge in [0.2, 0.25) is 0 Å². The lowest BCUT2D eigenvalue weighted by Gasteiger charge is -2.18. The average molecular weight is 297 g/mol. The molecule has 0 saturated heterocycles. The first-order chi connectivity index (χ1) is 9.02. The molecule has 1 N–H and O–H groups in total. The van der Waals surface area contributed by atoms with Gasteiger partial charge in [-0.1, -0.05) is 44.2 Å². The Balaban J connectivity index is 0.00000361. The molecule has 0 bridgehead atoms. The van der Waals surface area contributed by atoms with E-state index < -0.39 is 6.09 Å². The predicted molar refractivity (Wildman–Crippen MR) is 84.3 cm³/mol. The van der Waals surface area contributed by atoms with Crippen LogP contribution < -0.4 is 5.32 Å². The van der Waals surface area contributed by atoms with Gasteiger partial charge >= 0.3 is 6.09 Å². The third-order valence-electron chi connectivity index (χ3n) is 2.92. The van der Waals surface area contributed by atoms with E-state index >= 15 is 0 Å². The number of nitrogens with one attached hydrogen (secondary N) is 1. The molecule has 20 heavy (non-hydrogen) atoms. The van der Waals surface area contributed by atoms with E-state index in [1.807, 2.05) is 44.2 Å². The van der Waals surface area contributed by atoms with Crippen molar-refractivity contribution in [3.8, 4) is 0 Å². The number of amides is 1. The Morgan fingerprint density at radius 3 is 2.30 bits per heavy atom. The van der Waals surface area contributed by atoms with Gasteiger partial charge < -0.3 is 10.1 Å². The third kappa shape index (κ3) is 6.61. The lowest BCUT2D eigenvalue weighted by Crippen LogP contribution is -2.38. The van der Waals surface area contributed by atoms with Gasteiger partial charge in [-0.2, -0.15) is 13.5 Å². The van der Waals surface area contributed by atoms with Gasteiger partial charge in [-0.3, -0.25) is 4.79 Å². The Bertz CT molecular complexity index is 420. The van der Waals surface area contributed by atoms with E-state index in [0.717, 1.165) is 5.56 Å². The fraction of sp³-hybridized carbons (Fsp3) is 0.467. The summed E-state index contributed by atoms with van der Waals surface area (Å²) < 4.78 is 4.60. The number of hydrogen-bond acceptors (Lipinski definition) is 3. The third-order valence-corrected chi connectivity index (χ3v) is 2.92. The maximum absolute atomic E-state index is 11.8. The average Bonchev–Trinajstić information content (AvgIpc) is 2.39. The fourth-order valence-corrected chi connectivity index (χ4v) is 1.78. The summed E-state index contributed by atoms with van der Waals surface area (Å²) in [6.07, 6.45) is 0.438. The summed E-state index contributed by atoms with van der Waals surface area (Å²) in [7, 11) is 1.32. The number of Topliss-reactive ketones (excluding diaryl/α,β-unsaturated/α-hetero) is 1. The molecule has 1 atom stereocenters. The molecular formula is C15H23NO3S. The zero-order valence-corrected chi connectivity index (χ0v) is 13.2. The van der Waals surface area contributed by atoms with Gasteiger partial charge in [-0.25, -0.2) is 4.79 Å². The van der Waals surface area contributed by atoms with E-state index in [1.165, 1.54) is 7.11 Å². The SMILES string of the molecule is COC(=O)NC(CC(=O)C(C)C)Cc1ccccc1.S. The second kappa shape index (κ2) is 9.42. The fourth-order valence-electron chi connectivity index (χ4n) is 1.78. The summed E-state index contributed by atoms with van der Waals surface area (Å²) in [6, 6.07) is 9.54. The van der Waals surface area contributed by atoms with Crippen LogP contribution in [0.4, 0.5) is 4.79 Å². The van der Waals surface area contributed by atoms with Crippen LogP contribution in [0.3, 0.4) is 0 Å². The second-order valence-corrected chi connectivity index (χ2v) is 4.85. The maximum atomic E-state index is 11.8. The highest BCUT2D eigenvalue weighted by Gasteiger charge is 2.18. The van der Waals surface area contributed by atoms with Crippen molar-refractivity contribution >= 4 is 25.4 Å². The highest BCUT2D eigenvalue weighted by atomic mass is 32.1. The Morgan fingerprint density at radius 1 is 1.20 bits per heavy atom. The molecule has 4 nitrogen and oxygen atoms in total. The van der Waals surface area contributed by atoms with Crippen molar-refractivity contribution in [2.45, 2.75) is 32.7 Å². The first-order valence-electron chi connectivity index (χ1n) is 6.44. The van der Waals surface area contributed by atoms with Gasteiger partial charge in [0.15, 0.2) is 0 Å². The molecule has 5 heteroatoms. The smallest absolute Gasteiger partial charge is 0.407 e. The normalized spacial score (nSPS) is 11.4. The Labute approximate surface area is 127 Å². The van der Waals surface area contributed by atoms with Crippen molar-refractivity contribution in [1.29, 1.82) is 0 Å². The number of benzene rings is 1. The summed E-state index contributed by atoms with van der Waals surface area (Å²) in [5.74, 6) is 0.107. The number of carbonyl (C=O) groups is 2. The van der Waals surface area contributed by atoms with Crippen LogP contribution in [-0.2, 0) is 16.0 Å². The molecule has 0 saturated carbocycles. The number of alkyl carbamates (subject to hydrolysis) is 1. The molecule has 0 aromatic heterocycles. The van der Waals surface area contributed by atoms with Crippen LogP contribution in [0.5, 0.6) is 0 Å². The zero-order chi connectivity index (χ0) is 14.3. The number of hydrogen-bond donors (Lipinski definition) is 1. The van der Waals surface area contributed by atoms with Crippen LogP contribution in [0, 0.1) is 5.92 Å². The molecule has 1 unspecified atom stereocenters. The van der Waals surface area contributed by atoms with Gasteiger partial charge in [0.25, 0.3) is 0 Å². The summed E-state index contributed by atoms with van der Waals surface area (Å²) in [6.45, 7) is 3.72. The van der Waals surface area contributed by atoms with Crippen molar-refractivity contribution in [2.75, 3.05) is 7.11 Å². The first-order valence-corrected chi connectivity index (χ1v) is 6.44. The molecule has 1 aromatic rings. The van der Waals surface area contributed by atoms with Crippen LogP contribution in [0.25, 0.3) is 0 Å². The minimum atomic E-state index is -0.502. The maximum Gasteiger partial charge on any atom is 0.407 e. The van der Waals surface area contributed by atoms with Crippen LogP contribution >= 0.6 is 13.5 Å². The number of carbonyl (C=O) groups excluding carboxylic acids is 2. The molecule has 0 fully saturated rings. The molecule has 0 spiro atoms. The first kappa shape index (κ1) is 18.5. The predicted octanol–water partition coefficient (Wildman–Crippen LogP) is 2.68. The standard InChI is InChI=1S/C15H21NO3.H2S/c1-11(2)14(17)10-13(16-15(18)19-3)9-12-7-5-4-6-8-12;/h4-8,11,13H,9-10H2,1-3H3,(H,16,18);1H2. The van der Waals surface area contributed by atoms with Gasteiger partial charge in [0.1, 0.15) is 5.78 Å². The number of ether oxygens (including phenoxy) is 1. The van der Waals surface area contributed by atoms with Crippen molar-refractivity contribution in [2.24, 2.45) is 5.92 Å². The second-order valence-electron chi connectivity index (χ2n) is 4.85. The molecule has 0 aliphatic rings. The molecule has 1 rings (SSSR count). The van der Waals surface area contributed by atoms with E-state index in [-0.39, 0.29) is 31.2 Å². The molecule has 0 heterocycles. The van der Waals surface area contributed by atoms with Crippen LogP contribution in [0.15, 0.2) is 30.3 Å². The topological polar surface area (TPSA) is 55.4 Å². The monoisotopic (exact) mass is 297 g/mol. The number of rotatable bonds is 6. The quantitative estimate of drug-likeness (QED) is 0.878. The summed E-state index contributed by atoms with van der Waals surface area (Å²) >= 11 is 0. The van der Waals surface area contributed by atoms with Crippen molar-refractivity contribution in [3.05, 3.63) is 35.9 Å². The van der Waals surface area contributed by atoms with E-state index in [2.05, 4.69) is 10.1 Å². The van der Waals surface area contributed by atoms with Gasteiger partial charge in [-0.15, -0.1) is 0 Å².